The van der Waals surface area contributed by atoms with Crippen LogP contribution in [-0.2, 0) is 0 Å². The van der Waals surface area contributed by atoms with Gasteiger partial charge in [0.15, 0.2) is 0 Å². The molecule has 3 nitrogen and oxygen atoms in total. The Kier molecular flexibility index (Phi) is 1.54. The molecule has 0 aliphatic heterocycles. The van der Waals surface area contributed by atoms with Crippen LogP contribution >= 0.6 is 0 Å². The molecule has 1 heterocycles. The topological polar surface area (TPSA) is 58.9 Å². The molecule has 1 aromatic heterocycles. The van der Waals surface area contributed by atoms with Crippen LogP contribution in [-0.4, -0.2) is 10.9 Å². The van der Waals surface area contributed by atoms with Gasteiger partial charge in [0, 0.05) is 27.4 Å². The average molecular weight is 211 g/mol. The van der Waals surface area contributed by atoms with Gasteiger partial charge in [0.05, 0.1) is 1.37 Å². The third kappa shape index (κ3) is 1.11. The van der Waals surface area contributed by atoms with E-state index in [1.807, 2.05) is 18.2 Å². The first-order chi connectivity index (χ1) is 8.18. The fourth-order valence-corrected chi connectivity index (χ4v) is 2.02. The predicted molar refractivity (Wildman–Crippen MR) is 64.3 cm³/mol. The Morgan fingerprint density at radius 3 is 2.81 bits per heavy atom. The third-order valence-corrected chi connectivity index (χ3v) is 2.71. The Morgan fingerprint density at radius 1 is 1.19 bits per heavy atom. The third-order valence-electron chi connectivity index (χ3n) is 2.71. The molecule has 0 atom stereocenters. The Morgan fingerprint density at radius 2 is 2.00 bits per heavy atom. The van der Waals surface area contributed by atoms with Crippen molar-refractivity contribution in [1.29, 1.82) is 0 Å². The van der Waals surface area contributed by atoms with Crippen LogP contribution in [0.5, 0.6) is 0 Å². The first-order valence-corrected chi connectivity index (χ1v) is 4.98. The van der Waals surface area contributed by atoms with E-state index in [0.717, 1.165) is 21.8 Å². The number of nitrogens with one attached hydrogen (secondary N) is 1. The molecule has 1 amide bonds. The summed E-state index contributed by atoms with van der Waals surface area (Å²) in [5, 5.41) is 1.48. The van der Waals surface area contributed by atoms with E-state index >= 15 is 0 Å². The van der Waals surface area contributed by atoms with Crippen molar-refractivity contribution in [2.75, 3.05) is 0 Å². The van der Waals surface area contributed by atoms with Crippen molar-refractivity contribution >= 4 is 27.7 Å². The maximum absolute atomic E-state index is 11.4. The molecule has 0 spiro atoms. The highest BCUT2D eigenvalue weighted by Crippen LogP contribution is 2.27. The normalized spacial score (nSPS) is 11.9. The van der Waals surface area contributed by atoms with Gasteiger partial charge >= 0.3 is 0 Å². The van der Waals surface area contributed by atoms with E-state index in [2.05, 4.69) is 4.98 Å². The summed E-state index contributed by atoms with van der Waals surface area (Å²) in [7, 11) is 0. The largest absolute Gasteiger partial charge is 0.366 e. The molecular formula is C13H10N2O. The number of benzene rings is 2. The molecule has 0 bridgehead atoms. The van der Waals surface area contributed by atoms with Crippen LogP contribution in [0.3, 0.4) is 0 Å². The van der Waals surface area contributed by atoms with Crippen LogP contribution in [0.25, 0.3) is 21.8 Å². The first kappa shape index (κ1) is 7.93. The minimum atomic E-state index is -0.472. The quantitative estimate of drug-likeness (QED) is 0.638. The highest BCUT2D eigenvalue weighted by Gasteiger charge is 2.10. The van der Waals surface area contributed by atoms with Gasteiger partial charge in [0.25, 0.3) is 0 Å². The lowest BCUT2D eigenvalue weighted by atomic mass is 10.1. The van der Waals surface area contributed by atoms with E-state index in [9.17, 15) is 4.79 Å². The van der Waals surface area contributed by atoms with Crippen LogP contribution in [0.2, 0.25) is 0 Å². The van der Waals surface area contributed by atoms with Gasteiger partial charge in [-0.3, -0.25) is 4.79 Å². The van der Waals surface area contributed by atoms with Gasteiger partial charge < -0.3 is 10.7 Å². The fraction of sp³-hybridized carbons (Fsp3) is 0. The van der Waals surface area contributed by atoms with Crippen molar-refractivity contribution in [2.24, 2.45) is 5.73 Å². The SMILES string of the molecule is [2H]c1cccc2[nH]c3cccc(C(N)=O)c3c12. The molecule has 0 unspecified atom stereocenters. The summed E-state index contributed by atoms with van der Waals surface area (Å²) >= 11 is 0. The molecule has 0 saturated heterocycles. The monoisotopic (exact) mass is 211 g/mol. The van der Waals surface area contributed by atoms with Gasteiger partial charge in [-0.25, -0.2) is 0 Å². The van der Waals surface area contributed by atoms with Gasteiger partial charge in [0.2, 0.25) is 5.91 Å². The maximum atomic E-state index is 11.4. The number of primary amides is 1. The van der Waals surface area contributed by atoms with Gasteiger partial charge in [-0.2, -0.15) is 0 Å². The molecule has 78 valence electrons. The molecule has 3 N–H and O–H groups in total. The number of carbonyl (C=O) groups is 1. The highest BCUT2D eigenvalue weighted by atomic mass is 16.1. The second-order valence-corrected chi connectivity index (χ2v) is 3.68. The molecule has 3 aromatic rings. The number of carbonyl (C=O) groups excluding carboxylic acids is 1. The number of hydrogen-bond acceptors (Lipinski definition) is 1. The summed E-state index contributed by atoms with van der Waals surface area (Å²) in [4.78, 5) is 14.6. The molecule has 2 aromatic carbocycles. The molecule has 3 heteroatoms. The van der Waals surface area contributed by atoms with Crippen LogP contribution in [0.1, 0.15) is 11.7 Å². The number of hydrogen-bond donors (Lipinski definition) is 2. The van der Waals surface area contributed by atoms with E-state index in [0.29, 0.717) is 11.6 Å². The number of amides is 1. The van der Waals surface area contributed by atoms with Crippen molar-refractivity contribution in [3.8, 4) is 0 Å². The number of nitrogens with two attached hydrogens (primary N) is 1. The summed E-state index contributed by atoms with van der Waals surface area (Å²) in [6.45, 7) is 0. The average Bonchev–Trinajstić information content (AvgIpc) is 2.67. The Bertz CT molecular complexity index is 746. The number of aromatic amines is 1. The number of para-hydroxylation sites is 1. The lowest BCUT2D eigenvalue weighted by Crippen LogP contribution is -2.10. The molecular weight excluding hydrogens is 200 g/mol. The van der Waals surface area contributed by atoms with Crippen molar-refractivity contribution < 1.29 is 6.17 Å². The second kappa shape index (κ2) is 3.10. The predicted octanol–water partition coefficient (Wildman–Crippen LogP) is 2.42. The molecule has 0 fully saturated rings. The van der Waals surface area contributed by atoms with E-state index in [4.69, 9.17) is 7.10 Å². The van der Waals surface area contributed by atoms with Gasteiger partial charge in [-0.1, -0.05) is 24.2 Å². The molecule has 3 rings (SSSR count). The summed E-state index contributed by atoms with van der Waals surface area (Å²) in [5.74, 6) is -0.472. The van der Waals surface area contributed by atoms with E-state index in [-0.39, 0.29) is 0 Å². The smallest absolute Gasteiger partial charge is 0.249 e. The maximum Gasteiger partial charge on any atom is 0.249 e. The molecule has 0 radical (unpaired) electrons. The van der Waals surface area contributed by atoms with Crippen molar-refractivity contribution in [2.45, 2.75) is 0 Å². The molecule has 0 saturated carbocycles. The summed E-state index contributed by atoms with van der Waals surface area (Å²) in [5.41, 5.74) is 7.50. The Labute approximate surface area is 93.3 Å². The summed E-state index contributed by atoms with van der Waals surface area (Å²) in [6.07, 6.45) is 0. The molecule has 0 aliphatic carbocycles. The van der Waals surface area contributed by atoms with Crippen LogP contribution in [0.4, 0.5) is 0 Å². The zero-order chi connectivity index (χ0) is 12.0. The lowest BCUT2D eigenvalue weighted by Gasteiger charge is -1.98. The zero-order valence-electron chi connectivity index (χ0n) is 9.45. The van der Waals surface area contributed by atoms with Gasteiger partial charge in [0.1, 0.15) is 0 Å². The summed E-state index contributed by atoms with van der Waals surface area (Å²) < 4.78 is 7.93. The molecule has 16 heavy (non-hydrogen) atoms. The highest BCUT2D eigenvalue weighted by molar-refractivity contribution is 6.17. The molecule has 0 aliphatic rings. The fourth-order valence-electron chi connectivity index (χ4n) is 2.02. The standard InChI is InChI=1S/C13H10N2O/c14-13(16)9-5-3-7-11-12(9)8-4-1-2-6-10(8)15-11/h1-7,15H,(H2,14,16)/i4D. The number of H-pyrrole nitrogens is 1. The minimum Gasteiger partial charge on any atom is -0.366 e. The lowest BCUT2D eigenvalue weighted by molar-refractivity contribution is 0.100. The minimum absolute atomic E-state index is 0.391. The van der Waals surface area contributed by atoms with E-state index in [1.54, 1.807) is 18.2 Å². The number of aromatic nitrogens is 1. The van der Waals surface area contributed by atoms with E-state index in [1.165, 1.54) is 0 Å². The Balaban J connectivity index is 2.61. The number of fused-ring (bicyclic) bond motifs is 3. The number of rotatable bonds is 1. The van der Waals surface area contributed by atoms with Gasteiger partial charge in [-0.05, 0) is 18.2 Å². The van der Waals surface area contributed by atoms with Crippen LogP contribution in [0.15, 0.2) is 42.4 Å². The first-order valence-electron chi connectivity index (χ1n) is 5.48. The van der Waals surface area contributed by atoms with Crippen molar-refractivity contribution in [3.63, 3.8) is 0 Å². The zero-order valence-corrected chi connectivity index (χ0v) is 8.45. The van der Waals surface area contributed by atoms with Crippen LogP contribution < -0.4 is 5.73 Å². The second-order valence-electron chi connectivity index (χ2n) is 3.68. The van der Waals surface area contributed by atoms with Crippen molar-refractivity contribution in [3.05, 3.63) is 48.0 Å². The van der Waals surface area contributed by atoms with Crippen LogP contribution in [0, 0.1) is 0 Å². The van der Waals surface area contributed by atoms with Gasteiger partial charge in [-0.15, -0.1) is 0 Å². The Hall–Kier alpha value is -2.29. The summed E-state index contributed by atoms with van der Waals surface area (Å²) in [6, 6.07) is 11.1. The van der Waals surface area contributed by atoms with Crippen molar-refractivity contribution in [1.82, 2.24) is 4.98 Å². The van der Waals surface area contributed by atoms with E-state index < -0.39 is 5.91 Å².